The first-order chi connectivity index (χ1) is 20.7. The second-order valence-corrected chi connectivity index (χ2v) is 13.4. The van der Waals surface area contributed by atoms with E-state index in [4.69, 9.17) is 4.74 Å². The van der Waals surface area contributed by atoms with Crippen LogP contribution in [0.15, 0.2) is 66.7 Å². The minimum atomic E-state index is -0.927. The van der Waals surface area contributed by atoms with E-state index in [2.05, 4.69) is 24.5 Å². The standard InChI is InChI=1S/C37H51N3O4/c1-10-25(4)32(39-36(43)44-37(7,8)9)35(42)40(27(6)20-19-24(2)3)33(31-18-14-11-15-26(31)5)34(41)38-30-22-21-28-16-12-13-17-29(28)23-30/h11-18,21-25,27,32-33H,10,19-20H2,1-9H3,(H,38,41)(H,39,43). The monoisotopic (exact) mass is 601 g/mol. The van der Waals surface area contributed by atoms with Gasteiger partial charge >= 0.3 is 6.09 Å². The molecule has 7 heteroatoms. The van der Waals surface area contributed by atoms with Crippen LogP contribution in [-0.4, -0.2) is 40.5 Å². The molecule has 0 saturated carbocycles. The van der Waals surface area contributed by atoms with Crippen molar-refractivity contribution < 1.29 is 19.1 Å². The van der Waals surface area contributed by atoms with Crippen LogP contribution in [0, 0.1) is 18.8 Å². The predicted octanol–water partition coefficient (Wildman–Crippen LogP) is 8.42. The molecule has 7 nitrogen and oxygen atoms in total. The summed E-state index contributed by atoms with van der Waals surface area (Å²) in [6.07, 6.45) is 1.58. The van der Waals surface area contributed by atoms with Crippen LogP contribution >= 0.6 is 0 Å². The average Bonchev–Trinajstić information content (AvgIpc) is 2.96. The Morgan fingerprint density at radius 1 is 0.864 bits per heavy atom. The molecule has 0 aromatic heterocycles. The van der Waals surface area contributed by atoms with Crippen molar-refractivity contribution in [2.75, 3.05) is 5.32 Å². The van der Waals surface area contributed by atoms with Crippen LogP contribution in [0.4, 0.5) is 10.5 Å². The smallest absolute Gasteiger partial charge is 0.408 e. The lowest BCUT2D eigenvalue weighted by atomic mass is 9.92. The molecule has 4 unspecified atom stereocenters. The highest BCUT2D eigenvalue weighted by atomic mass is 16.6. The molecule has 238 valence electrons. The van der Waals surface area contributed by atoms with Gasteiger partial charge in [-0.3, -0.25) is 9.59 Å². The van der Waals surface area contributed by atoms with Gasteiger partial charge in [-0.1, -0.05) is 88.7 Å². The van der Waals surface area contributed by atoms with Gasteiger partial charge in [-0.15, -0.1) is 0 Å². The summed E-state index contributed by atoms with van der Waals surface area (Å²) in [5, 5.41) is 8.08. The highest BCUT2D eigenvalue weighted by Crippen LogP contribution is 2.32. The molecule has 4 atom stereocenters. The van der Waals surface area contributed by atoms with E-state index in [9.17, 15) is 14.4 Å². The lowest BCUT2D eigenvalue weighted by Gasteiger charge is -2.40. The van der Waals surface area contributed by atoms with Crippen molar-refractivity contribution in [1.82, 2.24) is 10.2 Å². The molecular formula is C37H51N3O4. The Bertz CT molecular complexity index is 1430. The maximum Gasteiger partial charge on any atom is 0.408 e. The topological polar surface area (TPSA) is 87.7 Å². The van der Waals surface area contributed by atoms with Crippen molar-refractivity contribution in [1.29, 1.82) is 0 Å². The number of nitrogens with zero attached hydrogens (tertiary/aromatic N) is 1. The normalized spacial score (nSPS) is 14.4. The van der Waals surface area contributed by atoms with E-state index in [0.29, 0.717) is 24.4 Å². The molecule has 0 aliphatic rings. The Morgan fingerprint density at radius 2 is 1.50 bits per heavy atom. The molecule has 0 bridgehead atoms. The summed E-state index contributed by atoms with van der Waals surface area (Å²) in [6.45, 7) is 17.5. The van der Waals surface area contributed by atoms with Gasteiger partial charge < -0.3 is 20.3 Å². The number of hydrogen-bond acceptors (Lipinski definition) is 4. The Hall–Kier alpha value is -3.87. The number of anilines is 1. The quantitative estimate of drug-likeness (QED) is 0.218. The van der Waals surface area contributed by atoms with Gasteiger partial charge in [0.2, 0.25) is 5.91 Å². The summed E-state index contributed by atoms with van der Waals surface area (Å²) < 4.78 is 5.56. The van der Waals surface area contributed by atoms with Crippen molar-refractivity contribution in [3.63, 3.8) is 0 Å². The van der Waals surface area contributed by atoms with Gasteiger partial charge in [0, 0.05) is 11.7 Å². The van der Waals surface area contributed by atoms with E-state index >= 15 is 0 Å². The fourth-order valence-corrected chi connectivity index (χ4v) is 5.38. The van der Waals surface area contributed by atoms with E-state index in [-0.39, 0.29) is 23.8 Å². The molecule has 0 fully saturated rings. The first kappa shape index (κ1) is 34.6. The third-order valence-electron chi connectivity index (χ3n) is 8.07. The maximum atomic E-state index is 14.8. The number of benzene rings is 3. The summed E-state index contributed by atoms with van der Waals surface area (Å²) in [6, 6.07) is 19.4. The van der Waals surface area contributed by atoms with Gasteiger partial charge in [0.15, 0.2) is 0 Å². The van der Waals surface area contributed by atoms with E-state index in [1.165, 1.54) is 0 Å². The minimum absolute atomic E-state index is 0.198. The van der Waals surface area contributed by atoms with Gasteiger partial charge in [0.1, 0.15) is 17.7 Å². The second-order valence-electron chi connectivity index (χ2n) is 13.4. The number of fused-ring (bicyclic) bond motifs is 1. The van der Waals surface area contributed by atoms with Gasteiger partial charge in [-0.05, 0) is 93.3 Å². The molecule has 0 saturated heterocycles. The summed E-state index contributed by atoms with van der Waals surface area (Å²) >= 11 is 0. The van der Waals surface area contributed by atoms with Crippen LogP contribution in [0.1, 0.15) is 91.8 Å². The Morgan fingerprint density at radius 3 is 2.11 bits per heavy atom. The van der Waals surface area contributed by atoms with Crippen LogP contribution in [0.5, 0.6) is 0 Å². The molecule has 3 amide bonds. The number of aryl methyl sites for hydroxylation is 1. The molecule has 0 aliphatic heterocycles. The zero-order valence-electron chi connectivity index (χ0n) is 27.9. The third kappa shape index (κ3) is 9.31. The lowest BCUT2D eigenvalue weighted by Crippen LogP contribution is -2.57. The van der Waals surface area contributed by atoms with Crippen molar-refractivity contribution in [3.8, 4) is 0 Å². The first-order valence-electron chi connectivity index (χ1n) is 15.9. The zero-order valence-corrected chi connectivity index (χ0v) is 27.9. The van der Waals surface area contributed by atoms with Gasteiger partial charge in [0.25, 0.3) is 5.91 Å². The Balaban J connectivity index is 2.12. The fraction of sp³-hybridized carbons (Fsp3) is 0.486. The highest BCUT2D eigenvalue weighted by molar-refractivity contribution is 6.00. The van der Waals surface area contributed by atoms with Crippen LogP contribution in [0.2, 0.25) is 0 Å². The molecule has 3 rings (SSSR count). The highest BCUT2D eigenvalue weighted by Gasteiger charge is 2.41. The number of carbonyl (C=O) groups excluding carboxylic acids is 3. The summed E-state index contributed by atoms with van der Waals surface area (Å²) in [4.78, 5) is 43.9. The summed E-state index contributed by atoms with van der Waals surface area (Å²) in [5.74, 6) is -0.387. The van der Waals surface area contributed by atoms with Gasteiger partial charge in [-0.2, -0.15) is 0 Å². The molecule has 2 N–H and O–H groups in total. The van der Waals surface area contributed by atoms with Crippen molar-refractivity contribution in [3.05, 3.63) is 77.9 Å². The van der Waals surface area contributed by atoms with Crippen molar-refractivity contribution >= 4 is 34.4 Å². The van der Waals surface area contributed by atoms with Crippen molar-refractivity contribution in [2.45, 2.75) is 105 Å². The number of ether oxygens (including phenoxy) is 1. The largest absolute Gasteiger partial charge is 0.444 e. The number of amides is 3. The average molecular weight is 602 g/mol. The molecule has 3 aromatic carbocycles. The van der Waals surface area contributed by atoms with Crippen LogP contribution < -0.4 is 10.6 Å². The van der Waals surface area contributed by atoms with Crippen LogP contribution in [-0.2, 0) is 14.3 Å². The molecule has 0 spiro atoms. The zero-order chi connectivity index (χ0) is 32.6. The molecule has 0 heterocycles. The second kappa shape index (κ2) is 15.2. The number of hydrogen-bond donors (Lipinski definition) is 2. The molecule has 0 radical (unpaired) electrons. The van der Waals surface area contributed by atoms with E-state index in [1.807, 2.05) is 94.4 Å². The number of rotatable bonds is 12. The molecule has 3 aromatic rings. The molecule has 0 aliphatic carbocycles. The Labute approximate surface area is 263 Å². The van der Waals surface area contributed by atoms with Crippen molar-refractivity contribution in [2.24, 2.45) is 11.8 Å². The Kier molecular flexibility index (Phi) is 12.0. The van der Waals surface area contributed by atoms with E-state index in [1.54, 1.807) is 25.7 Å². The SMILES string of the molecule is CCC(C)C(NC(=O)OC(C)(C)C)C(=O)N(C(C)CCC(C)C)C(C(=O)Nc1ccc2ccccc2c1)c1ccccc1C. The summed E-state index contributed by atoms with van der Waals surface area (Å²) in [5.41, 5.74) is 1.58. The number of carbonyl (C=O) groups is 3. The first-order valence-corrected chi connectivity index (χ1v) is 15.9. The van der Waals surface area contributed by atoms with E-state index in [0.717, 1.165) is 28.3 Å². The van der Waals surface area contributed by atoms with Crippen LogP contribution in [0.3, 0.4) is 0 Å². The summed E-state index contributed by atoms with van der Waals surface area (Å²) in [7, 11) is 0. The number of alkyl carbamates (subject to hydrolysis) is 1. The van der Waals surface area contributed by atoms with E-state index < -0.39 is 23.8 Å². The minimum Gasteiger partial charge on any atom is -0.444 e. The van der Waals surface area contributed by atoms with Gasteiger partial charge in [0.05, 0.1) is 0 Å². The molecule has 44 heavy (non-hydrogen) atoms. The third-order valence-corrected chi connectivity index (χ3v) is 8.07. The predicted molar refractivity (Wildman–Crippen MR) is 179 cm³/mol. The van der Waals surface area contributed by atoms with Crippen LogP contribution in [0.25, 0.3) is 10.8 Å². The number of nitrogens with one attached hydrogen (secondary N) is 2. The van der Waals surface area contributed by atoms with Gasteiger partial charge in [-0.25, -0.2) is 4.79 Å². The lowest BCUT2D eigenvalue weighted by molar-refractivity contribution is -0.144. The molecular weight excluding hydrogens is 550 g/mol. The maximum absolute atomic E-state index is 14.8. The fourth-order valence-electron chi connectivity index (χ4n) is 5.38.